The van der Waals surface area contributed by atoms with Gasteiger partial charge in [0.05, 0.1) is 0 Å². The Hall–Kier alpha value is -0.120. The van der Waals surface area contributed by atoms with Gasteiger partial charge < -0.3 is 16.0 Å². The Kier molecular flexibility index (Phi) is 8.40. The van der Waals surface area contributed by atoms with Crippen molar-refractivity contribution in [2.24, 2.45) is 5.73 Å². The summed E-state index contributed by atoms with van der Waals surface area (Å²) < 4.78 is 0. The normalized spacial score (nSPS) is 11.5. The first-order valence-corrected chi connectivity index (χ1v) is 5.36. The van der Waals surface area contributed by atoms with Gasteiger partial charge in [-0.15, -0.1) is 0 Å². The molecule has 0 aromatic rings. The molecule has 80 valence electrons. The highest BCUT2D eigenvalue weighted by atomic mass is 15.1. The van der Waals surface area contributed by atoms with Crippen LogP contribution in [-0.2, 0) is 0 Å². The standard InChI is InChI=1S/C10H25N3/c1-4-7-13(8-5-11)9-6-12-10(2)3/h10,12H,4-9,11H2,1-3H3. The van der Waals surface area contributed by atoms with Crippen molar-refractivity contribution in [1.82, 2.24) is 10.2 Å². The van der Waals surface area contributed by atoms with Crippen LogP contribution in [0.3, 0.4) is 0 Å². The third-order valence-corrected chi connectivity index (χ3v) is 1.97. The predicted molar refractivity (Wildman–Crippen MR) is 58.9 cm³/mol. The van der Waals surface area contributed by atoms with Crippen molar-refractivity contribution >= 4 is 0 Å². The second-order valence-electron chi connectivity index (χ2n) is 3.74. The van der Waals surface area contributed by atoms with E-state index in [2.05, 4.69) is 31.0 Å². The highest BCUT2D eigenvalue weighted by Gasteiger charge is 2.01. The molecule has 13 heavy (non-hydrogen) atoms. The molecule has 0 spiro atoms. The monoisotopic (exact) mass is 187 g/mol. The SMILES string of the molecule is CCCN(CCN)CCNC(C)C. The summed E-state index contributed by atoms with van der Waals surface area (Å²) in [5.74, 6) is 0. The Balaban J connectivity index is 3.44. The number of hydrogen-bond donors (Lipinski definition) is 2. The minimum Gasteiger partial charge on any atom is -0.329 e. The van der Waals surface area contributed by atoms with Gasteiger partial charge in [0.25, 0.3) is 0 Å². The van der Waals surface area contributed by atoms with Crippen LogP contribution in [-0.4, -0.2) is 43.7 Å². The molecule has 0 unspecified atom stereocenters. The van der Waals surface area contributed by atoms with E-state index < -0.39 is 0 Å². The summed E-state index contributed by atoms with van der Waals surface area (Å²) in [7, 11) is 0. The first-order valence-electron chi connectivity index (χ1n) is 5.36. The Morgan fingerprint density at radius 3 is 2.38 bits per heavy atom. The lowest BCUT2D eigenvalue weighted by atomic mass is 10.3. The Morgan fingerprint density at radius 1 is 1.23 bits per heavy atom. The van der Waals surface area contributed by atoms with E-state index in [9.17, 15) is 0 Å². The molecular formula is C10H25N3. The van der Waals surface area contributed by atoms with Gasteiger partial charge in [-0.25, -0.2) is 0 Å². The van der Waals surface area contributed by atoms with Gasteiger partial charge in [-0.1, -0.05) is 20.8 Å². The predicted octanol–water partition coefficient (Wildman–Crippen LogP) is 0.655. The van der Waals surface area contributed by atoms with E-state index in [-0.39, 0.29) is 0 Å². The molecule has 0 rings (SSSR count). The average molecular weight is 187 g/mol. The number of hydrogen-bond acceptors (Lipinski definition) is 3. The maximum absolute atomic E-state index is 5.53. The van der Waals surface area contributed by atoms with Crippen LogP contribution in [0.4, 0.5) is 0 Å². The van der Waals surface area contributed by atoms with Crippen molar-refractivity contribution < 1.29 is 0 Å². The molecule has 3 nitrogen and oxygen atoms in total. The number of nitrogens with zero attached hydrogens (tertiary/aromatic N) is 1. The molecule has 0 fully saturated rings. The molecule has 0 saturated heterocycles. The van der Waals surface area contributed by atoms with E-state index in [1.807, 2.05) is 0 Å². The average Bonchev–Trinajstić information content (AvgIpc) is 2.04. The van der Waals surface area contributed by atoms with Crippen molar-refractivity contribution in [3.8, 4) is 0 Å². The number of nitrogens with one attached hydrogen (secondary N) is 1. The molecule has 0 aliphatic heterocycles. The third-order valence-electron chi connectivity index (χ3n) is 1.97. The summed E-state index contributed by atoms with van der Waals surface area (Å²) in [6.45, 7) is 11.7. The Morgan fingerprint density at radius 2 is 1.92 bits per heavy atom. The van der Waals surface area contributed by atoms with Crippen LogP contribution in [0.15, 0.2) is 0 Å². The lowest BCUT2D eigenvalue weighted by Gasteiger charge is -2.21. The van der Waals surface area contributed by atoms with Gasteiger partial charge in [0, 0.05) is 32.2 Å². The van der Waals surface area contributed by atoms with Crippen LogP contribution in [0.25, 0.3) is 0 Å². The van der Waals surface area contributed by atoms with E-state index in [0.29, 0.717) is 6.04 Å². The molecule has 0 aromatic heterocycles. The van der Waals surface area contributed by atoms with Crippen molar-refractivity contribution in [1.29, 1.82) is 0 Å². The summed E-state index contributed by atoms with van der Waals surface area (Å²) in [6.07, 6.45) is 1.21. The summed E-state index contributed by atoms with van der Waals surface area (Å²) in [5, 5.41) is 3.41. The lowest BCUT2D eigenvalue weighted by Crippen LogP contribution is -2.37. The van der Waals surface area contributed by atoms with Gasteiger partial charge in [-0.05, 0) is 13.0 Å². The van der Waals surface area contributed by atoms with Crippen LogP contribution >= 0.6 is 0 Å². The molecule has 0 aromatic carbocycles. The minimum atomic E-state index is 0.585. The van der Waals surface area contributed by atoms with Gasteiger partial charge in [0.1, 0.15) is 0 Å². The van der Waals surface area contributed by atoms with E-state index in [1.165, 1.54) is 6.42 Å². The van der Waals surface area contributed by atoms with Crippen LogP contribution in [0.5, 0.6) is 0 Å². The Labute approximate surface area is 82.7 Å². The Bertz CT molecular complexity index is 98.3. The van der Waals surface area contributed by atoms with Crippen LogP contribution in [0.2, 0.25) is 0 Å². The van der Waals surface area contributed by atoms with Crippen molar-refractivity contribution in [3.63, 3.8) is 0 Å². The summed E-state index contributed by atoms with van der Waals surface area (Å²) in [4.78, 5) is 2.41. The van der Waals surface area contributed by atoms with E-state index in [1.54, 1.807) is 0 Å². The van der Waals surface area contributed by atoms with Crippen LogP contribution < -0.4 is 11.1 Å². The highest BCUT2D eigenvalue weighted by molar-refractivity contribution is 4.61. The zero-order valence-electron chi connectivity index (χ0n) is 9.34. The quantitative estimate of drug-likeness (QED) is 0.586. The molecule has 3 N–H and O–H groups in total. The van der Waals surface area contributed by atoms with Crippen molar-refractivity contribution in [2.75, 3.05) is 32.7 Å². The highest BCUT2D eigenvalue weighted by Crippen LogP contribution is 1.89. The molecule has 3 heteroatoms. The largest absolute Gasteiger partial charge is 0.329 e. The zero-order chi connectivity index (χ0) is 10.1. The maximum atomic E-state index is 5.53. The first-order chi connectivity index (χ1) is 6.20. The second-order valence-corrected chi connectivity index (χ2v) is 3.74. The summed E-state index contributed by atoms with van der Waals surface area (Å²) in [6, 6.07) is 0.585. The molecule has 0 bridgehead atoms. The van der Waals surface area contributed by atoms with Gasteiger partial charge in [-0.2, -0.15) is 0 Å². The van der Waals surface area contributed by atoms with Crippen molar-refractivity contribution in [3.05, 3.63) is 0 Å². The van der Waals surface area contributed by atoms with E-state index >= 15 is 0 Å². The molecule has 0 saturated carbocycles. The fourth-order valence-corrected chi connectivity index (χ4v) is 1.35. The fourth-order valence-electron chi connectivity index (χ4n) is 1.35. The van der Waals surface area contributed by atoms with Crippen LogP contribution in [0.1, 0.15) is 27.2 Å². The first kappa shape index (κ1) is 12.9. The molecule has 0 atom stereocenters. The smallest absolute Gasteiger partial charge is 0.0107 e. The zero-order valence-corrected chi connectivity index (χ0v) is 9.34. The third kappa shape index (κ3) is 8.22. The summed E-state index contributed by atoms with van der Waals surface area (Å²) >= 11 is 0. The van der Waals surface area contributed by atoms with Gasteiger partial charge in [0.15, 0.2) is 0 Å². The maximum Gasteiger partial charge on any atom is 0.0107 e. The van der Waals surface area contributed by atoms with E-state index in [0.717, 1.165) is 32.7 Å². The second kappa shape index (κ2) is 8.48. The van der Waals surface area contributed by atoms with E-state index in [4.69, 9.17) is 5.73 Å². The molecule has 0 aliphatic carbocycles. The molecular weight excluding hydrogens is 162 g/mol. The lowest BCUT2D eigenvalue weighted by molar-refractivity contribution is 0.278. The minimum absolute atomic E-state index is 0.585. The molecule has 0 aliphatic rings. The topological polar surface area (TPSA) is 41.3 Å². The fraction of sp³-hybridized carbons (Fsp3) is 1.00. The molecule has 0 radical (unpaired) electrons. The van der Waals surface area contributed by atoms with Gasteiger partial charge in [0.2, 0.25) is 0 Å². The number of nitrogens with two attached hydrogens (primary N) is 1. The van der Waals surface area contributed by atoms with Crippen molar-refractivity contribution in [2.45, 2.75) is 33.2 Å². The molecule has 0 heterocycles. The summed E-state index contributed by atoms with van der Waals surface area (Å²) in [5.41, 5.74) is 5.53. The van der Waals surface area contributed by atoms with Crippen LogP contribution in [0, 0.1) is 0 Å². The van der Waals surface area contributed by atoms with Gasteiger partial charge in [-0.3, -0.25) is 0 Å². The molecule has 0 amide bonds. The number of rotatable bonds is 8. The van der Waals surface area contributed by atoms with Gasteiger partial charge >= 0.3 is 0 Å².